The number of nitrogens with zero attached hydrogens (tertiary/aromatic N) is 1. The molecule has 162 valence electrons. The summed E-state index contributed by atoms with van der Waals surface area (Å²) in [7, 11) is -3.82. The summed E-state index contributed by atoms with van der Waals surface area (Å²) in [5.74, 6) is -0.621. The summed E-state index contributed by atoms with van der Waals surface area (Å²) in [6.07, 6.45) is 0. The number of ether oxygens (including phenoxy) is 1. The number of amides is 2. The molecule has 0 saturated heterocycles. The molecule has 0 radical (unpaired) electrons. The Kier molecular flexibility index (Phi) is 8.22. The van der Waals surface area contributed by atoms with Gasteiger partial charge in [-0.3, -0.25) is 9.59 Å². The highest BCUT2D eigenvalue weighted by Gasteiger charge is 2.26. The molecule has 0 spiro atoms. The summed E-state index contributed by atoms with van der Waals surface area (Å²) in [5.41, 5.74) is 1.11. The van der Waals surface area contributed by atoms with E-state index >= 15 is 0 Å². The van der Waals surface area contributed by atoms with Crippen LogP contribution in [0.1, 0.15) is 20.8 Å². The van der Waals surface area contributed by atoms with Crippen LogP contribution in [0.3, 0.4) is 0 Å². The molecule has 0 unspecified atom stereocenters. The molecule has 0 aliphatic rings. The first kappa shape index (κ1) is 23.7. The Morgan fingerprint density at radius 2 is 1.57 bits per heavy atom. The van der Waals surface area contributed by atoms with Crippen LogP contribution < -0.4 is 15.4 Å². The van der Waals surface area contributed by atoms with Crippen molar-refractivity contribution in [1.29, 1.82) is 0 Å². The average molecular weight is 454 g/mol. The van der Waals surface area contributed by atoms with Crippen LogP contribution in [-0.4, -0.2) is 44.2 Å². The third-order valence-corrected chi connectivity index (χ3v) is 6.38. The van der Waals surface area contributed by atoms with Crippen LogP contribution in [0.25, 0.3) is 0 Å². The van der Waals surface area contributed by atoms with E-state index in [2.05, 4.69) is 10.6 Å². The molecular weight excluding hydrogens is 430 g/mol. The predicted molar refractivity (Wildman–Crippen MR) is 116 cm³/mol. The minimum absolute atomic E-state index is 0.0439. The van der Waals surface area contributed by atoms with Crippen molar-refractivity contribution in [3.63, 3.8) is 0 Å². The minimum atomic E-state index is -3.82. The molecule has 0 atom stereocenters. The van der Waals surface area contributed by atoms with Gasteiger partial charge < -0.3 is 15.4 Å². The topological polar surface area (TPSA) is 105 Å². The van der Waals surface area contributed by atoms with E-state index in [-0.39, 0.29) is 21.6 Å². The van der Waals surface area contributed by atoms with Gasteiger partial charge in [0.25, 0.3) is 5.91 Å². The average Bonchev–Trinajstić information content (AvgIpc) is 2.69. The van der Waals surface area contributed by atoms with Crippen LogP contribution in [0.5, 0.6) is 5.75 Å². The van der Waals surface area contributed by atoms with Gasteiger partial charge in [-0.1, -0.05) is 25.4 Å². The minimum Gasteiger partial charge on any atom is -0.482 e. The van der Waals surface area contributed by atoms with Crippen molar-refractivity contribution in [3.8, 4) is 5.75 Å². The quantitative estimate of drug-likeness (QED) is 0.605. The van der Waals surface area contributed by atoms with Crippen LogP contribution in [0.15, 0.2) is 47.4 Å². The molecule has 0 fully saturated rings. The summed E-state index contributed by atoms with van der Waals surface area (Å²) in [6.45, 7) is 5.06. The molecular formula is C20H24ClN3O5S. The van der Waals surface area contributed by atoms with Gasteiger partial charge in [0, 0.05) is 36.4 Å². The van der Waals surface area contributed by atoms with Gasteiger partial charge in [-0.15, -0.1) is 0 Å². The number of carbonyl (C=O) groups is 2. The monoisotopic (exact) mass is 453 g/mol. The van der Waals surface area contributed by atoms with Crippen molar-refractivity contribution in [3.05, 3.63) is 47.5 Å². The second kappa shape index (κ2) is 10.4. The molecule has 2 aromatic carbocycles. The molecule has 10 heteroatoms. The van der Waals surface area contributed by atoms with E-state index in [9.17, 15) is 18.0 Å². The lowest BCUT2D eigenvalue weighted by Crippen LogP contribution is -2.31. The van der Waals surface area contributed by atoms with Crippen molar-refractivity contribution in [2.45, 2.75) is 25.7 Å². The highest BCUT2D eigenvalue weighted by atomic mass is 35.5. The molecule has 30 heavy (non-hydrogen) atoms. The first-order valence-corrected chi connectivity index (χ1v) is 11.1. The van der Waals surface area contributed by atoms with Gasteiger partial charge in [-0.2, -0.15) is 4.31 Å². The zero-order valence-corrected chi connectivity index (χ0v) is 18.5. The van der Waals surface area contributed by atoms with E-state index in [0.29, 0.717) is 24.5 Å². The maximum absolute atomic E-state index is 12.9. The summed E-state index contributed by atoms with van der Waals surface area (Å²) in [6, 6.07) is 10.8. The number of rotatable bonds is 9. The third kappa shape index (κ3) is 6.19. The van der Waals surface area contributed by atoms with Gasteiger partial charge in [-0.25, -0.2) is 8.42 Å². The van der Waals surface area contributed by atoms with Crippen LogP contribution in [0.2, 0.25) is 5.02 Å². The first-order chi connectivity index (χ1) is 14.2. The van der Waals surface area contributed by atoms with Crippen LogP contribution in [0, 0.1) is 0 Å². The summed E-state index contributed by atoms with van der Waals surface area (Å²) < 4.78 is 32.5. The number of carbonyl (C=O) groups excluding carboxylic acids is 2. The second-order valence-corrected chi connectivity index (χ2v) is 8.62. The molecule has 0 aliphatic heterocycles. The van der Waals surface area contributed by atoms with Crippen LogP contribution in [-0.2, 0) is 19.6 Å². The van der Waals surface area contributed by atoms with E-state index in [1.807, 2.05) is 0 Å². The summed E-state index contributed by atoms with van der Waals surface area (Å²) in [5, 5.41) is 5.52. The molecule has 2 amide bonds. The molecule has 8 nitrogen and oxygen atoms in total. The fraction of sp³-hybridized carbons (Fsp3) is 0.300. The number of sulfonamides is 1. The van der Waals surface area contributed by atoms with E-state index in [0.717, 1.165) is 0 Å². The second-order valence-electron chi connectivity index (χ2n) is 6.28. The number of hydrogen-bond acceptors (Lipinski definition) is 5. The molecule has 2 rings (SSSR count). The molecule has 0 heterocycles. The molecule has 2 N–H and O–H groups in total. The first-order valence-electron chi connectivity index (χ1n) is 9.27. The number of halogens is 1. The highest BCUT2D eigenvalue weighted by Crippen LogP contribution is 2.30. The van der Waals surface area contributed by atoms with Crippen molar-refractivity contribution >= 4 is 44.8 Å². The van der Waals surface area contributed by atoms with Crippen molar-refractivity contribution < 1.29 is 22.7 Å². The fourth-order valence-electron chi connectivity index (χ4n) is 2.69. The van der Waals surface area contributed by atoms with Crippen LogP contribution in [0.4, 0.5) is 11.4 Å². The predicted octanol–water partition coefficient (Wildman–Crippen LogP) is 3.35. The van der Waals surface area contributed by atoms with Gasteiger partial charge in [0.15, 0.2) is 6.61 Å². The molecule has 0 aliphatic carbocycles. The van der Waals surface area contributed by atoms with Gasteiger partial charge in [-0.05, 0) is 42.5 Å². The standard InChI is InChI=1S/C20H24ClN3O5S/c1-4-24(5-2)30(27,28)19-12-15(21)6-11-18(19)29-13-20(26)23-17-9-7-16(8-10-17)22-14(3)25/h6-12H,4-5,13H2,1-3H3,(H,22,25)(H,23,26). The Bertz CT molecular complexity index is 1010. The lowest BCUT2D eigenvalue weighted by Gasteiger charge is -2.20. The maximum Gasteiger partial charge on any atom is 0.262 e. The highest BCUT2D eigenvalue weighted by molar-refractivity contribution is 7.89. The Hall–Kier alpha value is -2.62. The van der Waals surface area contributed by atoms with Gasteiger partial charge in [0.2, 0.25) is 15.9 Å². The Morgan fingerprint density at radius 1 is 1.00 bits per heavy atom. The van der Waals surface area contributed by atoms with Crippen molar-refractivity contribution in [2.24, 2.45) is 0 Å². The lowest BCUT2D eigenvalue weighted by molar-refractivity contribution is -0.118. The zero-order chi connectivity index (χ0) is 22.3. The molecule has 0 aromatic heterocycles. The van der Waals surface area contributed by atoms with E-state index in [4.69, 9.17) is 16.3 Å². The number of hydrogen-bond donors (Lipinski definition) is 2. The Balaban J connectivity index is 2.10. The molecule has 0 bridgehead atoms. The lowest BCUT2D eigenvalue weighted by atomic mass is 10.2. The normalized spacial score (nSPS) is 11.2. The van der Waals surface area contributed by atoms with Crippen molar-refractivity contribution in [2.75, 3.05) is 30.3 Å². The number of nitrogens with one attached hydrogen (secondary N) is 2. The Labute approximate surface area is 181 Å². The van der Waals surface area contributed by atoms with Gasteiger partial charge >= 0.3 is 0 Å². The number of benzene rings is 2. The third-order valence-electron chi connectivity index (χ3n) is 4.08. The summed E-state index contributed by atoms with van der Waals surface area (Å²) >= 11 is 5.98. The molecule has 2 aromatic rings. The largest absolute Gasteiger partial charge is 0.482 e. The van der Waals surface area contributed by atoms with E-state index in [1.54, 1.807) is 38.1 Å². The Morgan fingerprint density at radius 3 is 2.10 bits per heavy atom. The number of anilines is 2. The van der Waals surface area contributed by atoms with E-state index in [1.165, 1.54) is 29.4 Å². The van der Waals surface area contributed by atoms with Crippen molar-refractivity contribution in [1.82, 2.24) is 4.31 Å². The van der Waals surface area contributed by atoms with Gasteiger partial charge in [0.1, 0.15) is 10.6 Å². The maximum atomic E-state index is 12.9. The van der Waals surface area contributed by atoms with Crippen LogP contribution >= 0.6 is 11.6 Å². The molecule has 0 saturated carbocycles. The SMILES string of the molecule is CCN(CC)S(=O)(=O)c1cc(Cl)ccc1OCC(=O)Nc1ccc(NC(C)=O)cc1. The van der Waals surface area contributed by atoms with Gasteiger partial charge in [0.05, 0.1) is 0 Å². The zero-order valence-electron chi connectivity index (χ0n) is 16.9. The fourth-order valence-corrected chi connectivity index (χ4v) is 4.54. The summed E-state index contributed by atoms with van der Waals surface area (Å²) in [4.78, 5) is 23.2. The van der Waals surface area contributed by atoms with E-state index < -0.39 is 22.5 Å². The smallest absolute Gasteiger partial charge is 0.262 e.